The lowest BCUT2D eigenvalue weighted by Crippen LogP contribution is -2.43. The van der Waals surface area contributed by atoms with Crippen molar-refractivity contribution in [1.82, 2.24) is 0 Å². The molecule has 1 spiro atoms. The van der Waals surface area contributed by atoms with E-state index in [4.69, 9.17) is 0 Å². The molecule has 1 unspecified atom stereocenters. The molecule has 1 heteroatoms. The Morgan fingerprint density at radius 3 is 1.81 bits per heavy atom. The Morgan fingerprint density at radius 1 is 0.528 bits per heavy atom. The van der Waals surface area contributed by atoms with Crippen LogP contribution in [-0.2, 0) is 5.41 Å². The Labute approximate surface area is 221 Å². The molecule has 10 rings (SSSR count). The second-order valence-electron chi connectivity index (χ2n) is 12.3. The first kappa shape index (κ1) is 20.4. The van der Waals surface area contributed by atoms with Crippen LogP contribution in [0.25, 0.3) is 22.3 Å². The highest BCUT2D eigenvalue weighted by Gasteiger charge is 2.53. The van der Waals surface area contributed by atoms with E-state index >= 15 is 0 Å². The van der Waals surface area contributed by atoms with Crippen molar-refractivity contribution in [3.63, 3.8) is 0 Å². The number of hydrogen-bond donors (Lipinski definition) is 0. The minimum atomic E-state index is -0.232. The standard InChI is InChI=1S/C35H29Br/c36-25-10-11-28-26-5-1-3-7-30(26)35(33(28)19-25)31-8-4-2-6-27(31)29-18-22(9-12-32(29)35)34-23-14-20-13-21(16-23)17-24(34)15-20/h1-12,18-21,23-24,34H,13-17H2. The zero-order valence-corrected chi connectivity index (χ0v) is 22.0. The zero-order chi connectivity index (χ0) is 23.6. The van der Waals surface area contributed by atoms with Crippen molar-refractivity contribution in [2.75, 3.05) is 0 Å². The van der Waals surface area contributed by atoms with Crippen LogP contribution in [0.1, 0.15) is 65.8 Å². The maximum atomic E-state index is 3.82. The molecular formula is C35H29Br. The van der Waals surface area contributed by atoms with Gasteiger partial charge in [0.25, 0.3) is 0 Å². The summed E-state index contributed by atoms with van der Waals surface area (Å²) in [6.07, 6.45) is 7.43. The third-order valence-electron chi connectivity index (χ3n) is 10.7. The van der Waals surface area contributed by atoms with Gasteiger partial charge in [0.05, 0.1) is 5.41 Å². The highest BCUT2D eigenvalue weighted by atomic mass is 79.9. The summed E-state index contributed by atoms with van der Waals surface area (Å²) >= 11 is 3.82. The van der Waals surface area contributed by atoms with Gasteiger partial charge >= 0.3 is 0 Å². The summed E-state index contributed by atoms with van der Waals surface area (Å²) in [6.45, 7) is 0. The highest BCUT2D eigenvalue weighted by molar-refractivity contribution is 9.10. The van der Waals surface area contributed by atoms with Gasteiger partial charge in [-0.05, 0) is 124 Å². The molecule has 0 aliphatic heterocycles. The van der Waals surface area contributed by atoms with Gasteiger partial charge in [-0.2, -0.15) is 0 Å². The number of benzene rings is 4. The summed E-state index contributed by atoms with van der Waals surface area (Å²) in [6, 6.07) is 33.0. The fourth-order valence-corrected chi connectivity index (χ4v) is 10.2. The second kappa shape index (κ2) is 7.01. The van der Waals surface area contributed by atoms with Crippen LogP contribution >= 0.6 is 15.9 Å². The average Bonchev–Trinajstić information content (AvgIpc) is 3.35. The van der Waals surface area contributed by atoms with E-state index in [-0.39, 0.29) is 5.41 Å². The summed E-state index contributed by atoms with van der Waals surface area (Å²) in [5.41, 5.74) is 12.8. The zero-order valence-electron chi connectivity index (χ0n) is 20.4. The largest absolute Gasteiger partial charge is 0.0725 e. The van der Waals surface area contributed by atoms with E-state index in [9.17, 15) is 0 Å². The van der Waals surface area contributed by atoms with Gasteiger partial charge in [0, 0.05) is 4.47 Å². The second-order valence-corrected chi connectivity index (χ2v) is 13.2. The summed E-state index contributed by atoms with van der Waals surface area (Å²) in [7, 11) is 0. The molecule has 0 nitrogen and oxygen atoms in total. The Morgan fingerprint density at radius 2 is 1.11 bits per heavy atom. The van der Waals surface area contributed by atoms with Crippen molar-refractivity contribution in [1.29, 1.82) is 0 Å². The van der Waals surface area contributed by atoms with Crippen molar-refractivity contribution >= 4 is 15.9 Å². The van der Waals surface area contributed by atoms with Crippen molar-refractivity contribution in [3.8, 4) is 22.3 Å². The van der Waals surface area contributed by atoms with E-state index < -0.39 is 0 Å². The molecule has 0 aromatic heterocycles. The first-order valence-corrected chi connectivity index (χ1v) is 14.7. The lowest BCUT2D eigenvalue weighted by Gasteiger charge is -2.54. The molecule has 1 atom stereocenters. The van der Waals surface area contributed by atoms with Gasteiger partial charge in [0.1, 0.15) is 0 Å². The molecular weight excluding hydrogens is 500 g/mol. The first-order valence-electron chi connectivity index (χ1n) is 13.9. The van der Waals surface area contributed by atoms with Crippen molar-refractivity contribution in [3.05, 3.63) is 117 Å². The van der Waals surface area contributed by atoms with Gasteiger partial charge in [0.15, 0.2) is 0 Å². The molecule has 4 fully saturated rings. The molecule has 176 valence electrons. The molecule has 0 radical (unpaired) electrons. The Hall–Kier alpha value is -2.64. The average molecular weight is 530 g/mol. The van der Waals surface area contributed by atoms with Crippen LogP contribution in [0.3, 0.4) is 0 Å². The van der Waals surface area contributed by atoms with E-state index in [2.05, 4.69) is 101 Å². The summed E-state index contributed by atoms with van der Waals surface area (Å²) < 4.78 is 1.16. The molecule has 36 heavy (non-hydrogen) atoms. The molecule has 4 saturated carbocycles. The SMILES string of the molecule is Brc1ccc2c(c1)C1(c3ccccc3-c3cc(C4C5CC6CC(C5)CC4C6)ccc31)c1ccccc1-2. The van der Waals surface area contributed by atoms with E-state index in [0.717, 1.165) is 34.1 Å². The maximum Gasteiger partial charge on any atom is 0.0725 e. The molecule has 6 aliphatic carbocycles. The lowest BCUT2D eigenvalue weighted by molar-refractivity contribution is -0.00276. The molecule has 4 bridgehead atoms. The van der Waals surface area contributed by atoms with Crippen LogP contribution in [0.4, 0.5) is 0 Å². The summed E-state index contributed by atoms with van der Waals surface area (Å²) in [5, 5.41) is 0. The fraction of sp³-hybridized carbons (Fsp3) is 0.314. The van der Waals surface area contributed by atoms with Crippen molar-refractivity contribution in [2.24, 2.45) is 23.7 Å². The van der Waals surface area contributed by atoms with Gasteiger partial charge in [-0.25, -0.2) is 0 Å². The van der Waals surface area contributed by atoms with Crippen LogP contribution in [-0.4, -0.2) is 0 Å². The van der Waals surface area contributed by atoms with Crippen LogP contribution in [0.5, 0.6) is 0 Å². The van der Waals surface area contributed by atoms with Gasteiger partial charge in [-0.1, -0.05) is 88.7 Å². The van der Waals surface area contributed by atoms with Gasteiger partial charge in [0.2, 0.25) is 0 Å². The number of hydrogen-bond acceptors (Lipinski definition) is 0. The smallest absolute Gasteiger partial charge is 0.0619 e. The van der Waals surface area contributed by atoms with Gasteiger partial charge in [-0.3, -0.25) is 0 Å². The van der Waals surface area contributed by atoms with Crippen molar-refractivity contribution in [2.45, 2.75) is 43.4 Å². The molecule has 4 aromatic carbocycles. The van der Waals surface area contributed by atoms with Gasteiger partial charge in [-0.15, -0.1) is 0 Å². The van der Waals surface area contributed by atoms with Gasteiger partial charge < -0.3 is 0 Å². The minimum Gasteiger partial charge on any atom is -0.0619 e. The Balaban J connectivity index is 1.31. The summed E-state index contributed by atoms with van der Waals surface area (Å²) in [5.74, 6) is 4.63. The first-order chi connectivity index (χ1) is 17.7. The molecule has 6 aliphatic rings. The molecule has 0 heterocycles. The maximum absolute atomic E-state index is 3.82. The molecule has 0 saturated heterocycles. The highest BCUT2D eigenvalue weighted by Crippen LogP contribution is 2.64. The number of fused-ring (bicyclic) bond motifs is 10. The summed E-state index contributed by atoms with van der Waals surface area (Å²) in [4.78, 5) is 0. The van der Waals surface area contributed by atoms with Crippen LogP contribution in [0, 0.1) is 23.7 Å². The number of halogens is 1. The molecule has 0 N–H and O–H groups in total. The monoisotopic (exact) mass is 528 g/mol. The normalized spacial score (nSPS) is 31.9. The van der Waals surface area contributed by atoms with Crippen LogP contribution in [0.15, 0.2) is 89.4 Å². The molecule has 0 amide bonds. The third-order valence-corrected chi connectivity index (χ3v) is 11.2. The van der Waals surface area contributed by atoms with E-state index in [1.165, 1.54) is 76.6 Å². The third kappa shape index (κ3) is 2.42. The Bertz CT molecular complexity index is 1550. The van der Waals surface area contributed by atoms with E-state index in [0.29, 0.717) is 0 Å². The van der Waals surface area contributed by atoms with Crippen molar-refractivity contribution < 1.29 is 0 Å². The Kier molecular flexibility index (Phi) is 3.98. The van der Waals surface area contributed by atoms with Crippen LogP contribution in [0.2, 0.25) is 0 Å². The quantitative estimate of drug-likeness (QED) is 0.199. The number of rotatable bonds is 1. The topological polar surface area (TPSA) is 0 Å². The minimum absolute atomic E-state index is 0.232. The lowest BCUT2D eigenvalue weighted by atomic mass is 9.50. The molecule has 4 aromatic rings. The predicted molar refractivity (Wildman–Crippen MR) is 150 cm³/mol. The predicted octanol–water partition coefficient (Wildman–Crippen LogP) is 9.33. The van der Waals surface area contributed by atoms with Crippen LogP contribution < -0.4 is 0 Å². The fourth-order valence-electron chi connectivity index (χ4n) is 9.81. The van der Waals surface area contributed by atoms with E-state index in [1.807, 2.05) is 0 Å². The van der Waals surface area contributed by atoms with E-state index in [1.54, 1.807) is 5.56 Å².